The second kappa shape index (κ2) is 7.74. The Bertz CT molecular complexity index is 814. The summed E-state index contributed by atoms with van der Waals surface area (Å²) >= 11 is 0. The van der Waals surface area contributed by atoms with Gasteiger partial charge in [-0.3, -0.25) is 4.79 Å². The monoisotopic (exact) mass is 345 g/mol. The van der Waals surface area contributed by atoms with Crippen molar-refractivity contribution in [2.75, 3.05) is 6.54 Å². The van der Waals surface area contributed by atoms with Crippen LogP contribution in [-0.2, 0) is 6.42 Å². The molecule has 2 N–H and O–H groups in total. The summed E-state index contributed by atoms with van der Waals surface area (Å²) < 4.78 is 28.4. The number of rotatable bonds is 7. The summed E-state index contributed by atoms with van der Waals surface area (Å²) in [5.41, 5.74) is 2.31. The Labute approximate surface area is 143 Å². The van der Waals surface area contributed by atoms with E-state index < -0.39 is 6.61 Å². The number of carbonyl (C=O) groups is 1. The maximum atomic E-state index is 12.1. The number of nitrogens with zero attached hydrogens (tertiary/aromatic N) is 1. The van der Waals surface area contributed by atoms with Crippen molar-refractivity contribution < 1.29 is 18.3 Å². The van der Waals surface area contributed by atoms with E-state index in [1.165, 1.54) is 24.3 Å². The highest BCUT2D eigenvalue weighted by Crippen LogP contribution is 2.15. The van der Waals surface area contributed by atoms with Gasteiger partial charge in [-0.1, -0.05) is 12.1 Å². The van der Waals surface area contributed by atoms with Crippen LogP contribution in [0.15, 0.2) is 48.5 Å². The third kappa shape index (κ3) is 4.53. The highest BCUT2D eigenvalue weighted by atomic mass is 19.3. The molecule has 3 rings (SSSR count). The number of hydrogen-bond donors (Lipinski definition) is 2. The van der Waals surface area contributed by atoms with Gasteiger partial charge in [0.15, 0.2) is 0 Å². The third-order valence-electron chi connectivity index (χ3n) is 3.66. The Hall–Kier alpha value is -2.96. The fraction of sp³-hybridized carbons (Fsp3) is 0.222. The first-order valence-electron chi connectivity index (χ1n) is 7.88. The van der Waals surface area contributed by atoms with Crippen LogP contribution in [0.3, 0.4) is 0 Å². The average molecular weight is 345 g/mol. The van der Waals surface area contributed by atoms with Gasteiger partial charge < -0.3 is 15.0 Å². The van der Waals surface area contributed by atoms with Gasteiger partial charge in [0.1, 0.15) is 11.6 Å². The minimum Gasteiger partial charge on any atom is -0.435 e. The number of hydrogen-bond acceptors (Lipinski definition) is 3. The number of aromatic nitrogens is 2. The van der Waals surface area contributed by atoms with Crippen molar-refractivity contribution in [1.82, 2.24) is 15.3 Å². The van der Waals surface area contributed by atoms with Crippen LogP contribution in [-0.4, -0.2) is 29.0 Å². The van der Waals surface area contributed by atoms with Gasteiger partial charge in [0, 0.05) is 18.5 Å². The number of amides is 1. The molecule has 2 aromatic carbocycles. The van der Waals surface area contributed by atoms with Crippen molar-refractivity contribution in [2.24, 2.45) is 0 Å². The van der Waals surface area contributed by atoms with Crippen molar-refractivity contribution in [1.29, 1.82) is 0 Å². The molecule has 25 heavy (non-hydrogen) atoms. The summed E-state index contributed by atoms with van der Waals surface area (Å²) in [5, 5.41) is 2.79. The predicted molar refractivity (Wildman–Crippen MR) is 89.8 cm³/mol. The number of ether oxygens (including phenoxy) is 1. The van der Waals surface area contributed by atoms with Crippen LogP contribution in [0.2, 0.25) is 0 Å². The van der Waals surface area contributed by atoms with Gasteiger partial charge in [0.25, 0.3) is 5.91 Å². The van der Waals surface area contributed by atoms with Gasteiger partial charge in [0.2, 0.25) is 0 Å². The number of benzene rings is 2. The molecule has 5 nitrogen and oxygen atoms in total. The van der Waals surface area contributed by atoms with E-state index in [4.69, 9.17) is 0 Å². The highest BCUT2D eigenvalue weighted by molar-refractivity contribution is 5.94. The number of H-pyrrole nitrogens is 1. The maximum absolute atomic E-state index is 12.1. The van der Waals surface area contributed by atoms with Gasteiger partial charge in [-0.05, 0) is 42.8 Å². The zero-order valence-corrected chi connectivity index (χ0v) is 13.3. The fourth-order valence-electron chi connectivity index (χ4n) is 2.47. The molecule has 0 aliphatic heterocycles. The second-order valence-electron chi connectivity index (χ2n) is 5.46. The van der Waals surface area contributed by atoms with Crippen LogP contribution in [0.5, 0.6) is 5.75 Å². The van der Waals surface area contributed by atoms with Crippen LogP contribution in [0.25, 0.3) is 11.0 Å². The van der Waals surface area contributed by atoms with Crippen LogP contribution in [0, 0.1) is 0 Å². The third-order valence-corrected chi connectivity index (χ3v) is 3.66. The molecule has 0 radical (unpaired) electrons. The molecule has 0 saturated carbocycles. The first-order valence-corrected chi connectivity index (χ1v) is 7.88. The molecule has 7 heteroatoms. The van der Waals surface area contributed by atoms with E-state index in [0.29, 0.717) is 12.1 Å². The molecule has 1 aromatic heterocycles. The van der Waals surface area contributed by atoms with E-state index in [0.717, 1.165) is 29.7 Å². The van der Waals surface area contributed by atoms with E-state index in [9.17, 15) is 13.6 Å². The van der Waals surface area contributed by atoms with Gasteiger partial charge in [0.05, 0.1) is 11.0 Å². The quantitative estimate of drug-likeness (QED) is 0.644. The van der Waals surface area contributed by atoms with Crippen LogP contribution in [0.4, 0.5) is 8.78 Å². The van der Waals surface area contributed by atoms with Crippen LogP contribution < -0.4 is 10.1 Å². The van der Waals surface area contributed by atoms with Crippen molar-refractivity contribution in [2.45, 2.75) is 19.5 Å². The molecular weight excluding hydrogens is 328 g/mol. The van der Waals surface area contributed by atoms with Crippen molar-refractivity contribution in [3.63, 3.8) is 0 Å². The van der Waals surface area contributed by atoms with Crippen molar-refractivity contribution in [3.8, 4) is 5.75 Å². The number of alkyl halides is 2. The summed E-state index contributed by atoms with van der Waals surface area (Å²) in [7, 11) is 0. The topological polar surface area (TPSA) is 67.0 Å². The Balaban J connectivity index is 1.45. The number of halogens is 2. The van der Waals surface area contributed by atoms with E-state index in [1.807, 2.05) is 24.3 Å². The lowest BCUT2D eigenvalue weighted by molar-refractivity contribution is -0.0498. The Morgan fingerprint density at radius 2 is 1.92 bits per heavy atom. The van der Waals surface area contributed by atoms with E-state index in [-0.39, 0.29) is 11.7 Å². The first-order chi connectivity index (χ1) is 12.1. The highest BCUT2D eigenvalue weighted by Gasteiger charge is 2.08. The van der Waals surface area contributed by atoms with E-state index in [2.05, 4.69) is 20.0 Å². The Morgan fingerprint density at radius 3 is 2.64 bits per heavy atom. The number of fused-ring (bicyclic) bond motifs is 1. The Kier molecular flexibility index (Phi) is 5.23. The number of carbonyl (C=O) groups excluding carboxylic acids is 1. The van der Waals surface area contributed by atoms with E-state index >= 15 is 0 Å². The zero-order valence-electron chi connectivity index (χ0n) is 13.3. The molecule has 0 fully saturated rings. The minimum absolute atomic E-state index is 0.0245. The first kappa shape index (κ1) is 16.9. The number of nitrogens with one attached hydrogen (secondary N) is 2. The fourth-order valence-corrected chi connectivity index (χ4v) is 2.47. The molecular formula is C18H17F2N3O2. The zero-order chi connectivity index (χ0) is 17.6. The van der Waals surface area contributed by atoms with Gasteiger partial charge in [-0.25, -0.2) is 4.98 Å². The summed E-state index contributed by atoms with van der Waals surface area (Å²) in [4.78, 5) is 19.7. The molecule has 1 heterocycles. The lowest BCUT2D eigenvalue weighted by Gasteiger charge is -2.07. The molecule has 0 spiro atoms. The summed E-state index contributed by atoms with van der Waals surface area (Å²) in [5.74, 6) is 0.647. The number of para-hydroxylation sites is 2. The summed E-state index contributed by atoms with van der Waals surface area (Å²) in [6.07, 6.45) is 1.45. The van der Waals surface area contributed by atoms with Gasteiger partial charge in [-0.2, -0.15) is 8.78 Å². The molecule has 0 aliphatic rings. The number of aromatic amines is 1. The molecule has 0 atom stereocenters. The van der Waals surface area contributed by atoms with E-state index in [1.54, 1.807) is 0 Å². The minimum atomic E-state index is -2.88. The largest absolute Gasteiger partial charge is 0.435 e. The molecule has 3 aromatic rings. The Morgan fingerprint density at radius 1 is 1.16 bits per heavy atom. The summed E-state index contributed by atoms with van der Waals surface area (Å²) in [6, 6.07) is 13.4. The second-order valence-corrected chi connectivity index (χ2v) is 5.46. The van der Waals surface area contributed by atoms with Crippen LogP contribution in [0.1, 0.15) is 22.6 Å². The van der Waals surface area contributed by atoms with Crippen LogP contribution >= 0.6 is 0 Å². The van der Waals surface area contributed by atoms with Gasteiger partial charge in [-0.15, -0.1) is 0 Å². The molecule has 0 bridgehead atoms. The van der Waals surface area contributed by atoms with Crippen molar-refractivity contribution >= 4 is 16.9 Å². The normalized spacial score (nSPS) is 11.0. The standard InChI is InChI=1S/C18H17F2N3O2/c19-18(20)25-13-9-7-12(8-10-13)17(24)21-11-3-6-16-22-14-4-1-2-5-15(14)23-16/h1-2,4-5,7-10,18H,3,6,11H2,(H,21,24)(H,22,23). The molecule has 0 saturated heterocycles. The summed E-state index contributed by atoms with van der Waals surface area (Å²) in [6.45, 7) is -2.39. The SMILES string of the molecule is O=C(NCCCc1nc2ccccc2[nH]1)c1ccc(OC(F)F)cc1. The molecule has 1 amide bonds. The predicted octanol–water partition coefficient (Wildman–Crippen LogP) is 3.53. The molecule has 0 aliphatic carbocycles. The smallest absolute Gasteiger partial charge is 0.387 e. The molecule has 130 valence electrons. The lowest BCUT2D eigenvalue weighted by atomic mass is 10.2. The number of imidazole rings is 1. The van der Waals surface area contributed by atoms with Crippen molar-refractivity contribution in [3.05, 3.63) is 59.9 Å². The molecule has 0 unspecified atom stereocenters. The lowest BCUT2D eigenvalue weighted by Crippen LogP contribution is -2.24. The average Bonchev–Trinajstić information content (AvgIpc) is 3.01. The number of aryl methyl sites for hydroxylation is 1. The van der Waals surface area contributed by atoms with Gasteiger partial charge >= 0.3 is 6.61 Å². The maximum Gasteiger partial charge on any atom is 0.387 e.